The molecule has 0 aromatic heterocycles. The number of hydrogen-bond donors (Lipinski definition) is 1. The number of nitrogens with one attached hydrogen (secondary N) is 1. The minimum absolute atomic E-state index is 0.286. The van der Waals surface area contributed by atoms with Crippen LogP contribution in [0.5, 0.6) is 5.75 Å². The van der Waals surface area contributed by atoms with Crippen molar-refractivity contribution in [2.45, 2.75) is 40.2 Å². The Bertz CT molecular complexity index is 957. The van der Waals surface area contributed by atoms with Gasteiger partial charge in [-0.3, -0.25) is 9.10 Å². The largest absolute Gasteiger partial charge is 0.491 e. The number of hydrogen-bond acceptors (Lipinski definition) is 4. The Morgan fingerprint density at radius 1 is 1.14 bits per heavy atom. The van der Waals surface area contributed by atoms with Gasteiger partial charge in [-0.25, -0.2) is 8.42 Å². The van der Waals surface area contributed by atoms with E-state index in [0.717, 1.165) is 28.7 Å². The number of sulfonamides is 1. The van der Waals surface area contributed by atoms with Crippen LogP contribution in [0.2, 0.25) is 0 Å². The summed E-state index contributed by atoms with van der Waals surface area (Å²) in [6.45, 7) is 8.27. The number of nitrogens with zero attached hydrogens (tertiary/aromatic N) is 1. The van der Waals surface area contributed by atoms with E-state index in [1.807, 2.05) is 45.0 Å². The molecule has 0 aliphatic carbocycles. The fraction of sp³-hybridized carbons (Fsp3) is 0.409. The molecule has 1 atom stereocenters. The van der Waals surface area contributed by atoms with Gasteiger partial charge in [0.2, 0.25) is 15.9 Å². The van der Waals surface area contributed by atoms with Gasteiger partial charge in [0.1, 0.15) is 18.4 Å². The number of rotatable bonds is 9. The number of anilines is 1. The van der Waals surface area contributed by atoms with Crippen molar-refractivity contribution < 1.29 is 17.9 Å². The highest BCUT2D eigenvalue weighted by Gasteiger charge is 2.31. The van der Waals surface area contributed by atoms with Crippen molar-refractivity contribution in [2.24, 2.45) is 0 Å². The summed E-state index contributed by atoms with van der Waals surface area (Å²) in [6, 6.07) is 12.1. The van der Waals surface area contributed by atoms with E-state index < -0.39 is 16.1 Å². The van der Waals surface area contributed by atoms with Gasteiger partial charge in [0.15, 0.2) is 0 Å². The molecule has 6 nitrogen and oxygen atoms in total. The number of benzene rings is 2. The van der Waals surface area contributed by atoms with Crippen molar-refractivity contribution in [3.8, 4) is 5.75 Å². The number of amides is 1. The molecule has 7 heteroatoms. The van der Waals surface area contributed by atoms with E-state index in [1.54, 1.807) is 25.1 Å². The Hall–Kier alpha value is -2.54. The number of carbonyl (C=O) groups excluding carboxylic acids is 1. The molecule has 0 heterocycles. The molecule has 0 fully saturated rings. The molecule has 1 amide bonds. The van der Waals surface area contributed by atoms with E-state index >= 15 is 0 Å². The van der Waals surface area contributed by atoms with Crippen LogP contribution in [0.3, 0.4) is 0 Å². The molecule has 29 heavy (non-hydrogen) atoms. The molecule has 2 rings (SSSR count). The van der Waals surface area contributed by atoms with E-state index in [2.05, 4.69) is 5.32 Å². The molecule has 0 saturated heterocycles. The van der Waals surface area contributed by atoms with Crippen LogP contribution in [-0.2, 0) is 14.8 Å². The van der Waals surface area contributed by atoms with Crippen LogP contribution in [0.25, 0.3) is 0 Å². The molecule has 2 aromatic carbocycles. The average molecular weight is 419 g/mol. The zero-order chi connectivity index (χ0) is 21.6. The van der Waals surface area contributed by atoms with Crippen LogP contribution in [0, 0.1) is 20.8 Å². The Labute approximate surface area is 173 Å². The molecule has 1 unspecified atom stereocenters. The maximum Gasteiger partial charge on any atom is 0.244 e. The molecular weight excluding hydrogens is 388 g/mol. The minimum Gasteiger partial charge on any atom is -0.491 e. The summed E-state index contributed by atoms with van der Waals surface area (Å²) in [5.41, 5.74) is 3.61. The summed E-state index contributed by atoms with van der Waals surface area (Å²) >= 11 is 0. The van der Waals surface area contributed by atoms with Crippen molar-refractivity contribution in [1.29, 1.82) is 0 Å². The van der Waals surface area contributed by atoms with Crippen molar-refractivity contribution in [2.75, 3.05) is 23.7 Å². The fourth-order valence-corrected chi connectivity index (χ4v) is 4.36. The average Bonchev–Trinajstić information content (AvgIpc) is 2.65. The lowest BCUT2D eigenvalue weighted by atomic mass is 10.1. The van der Waals surface area contributed by atoms with Gasteiger partial charge in [0.05, 0.1) is 18.5 Å². The first-order chi connectivity index (χ1) is 13.6. The summed E-state index contributed by atoms with van der Waals surface area (Å²) in [7, 11) is -3.63. The third-order valence-corrected chi connectivity index (χ3v) is 5.98. The van der Waals surface area contributed by atoms with Crippen molar-refractivity contribution in [3.05, 3.63) is 59.2 Å². The zero-order valence-electron chi connectivity index (χ0n) is 17.7. The topological polar surface area (TPSA) is 75.7 Å². The molecule has 2 aromatic rings. The standard InChI is InChI=1S/C22H30N2O4S/c1-6-20(24(29(5,26)27)19-11-7-9-16(2)15-19)22(25)23-13-14-28-21-12-8-10-17(3)18(21)4/h7-12,15,20H,6,13-14H2,1-5H3,(H,23,25). The second-order valence-electron chi connectivity index (χ2n) is 7.16. The summed E-state index contributed by atoms with van der Waals surface area (Å²) in [5.74, 6) is 0.438. The molecular formula is C22H30N2O4S. The quantitative estimate of drug-likeness (QED) is 0.634. The maximum atomic E-state index is 12.8. The highest BCUT2D eigenvalue weighted by molar-refractivity contribution is 7.92. The molecule has 0 aliphatic rings. The number of ether oxygens (including phenoxy) is 1. The van der Waals surface area contributed by atoms with Crippen molar-refractivity contribution in [3.63, 3.8) is 0 Å². The van der Waals surface area contributed by atoms with Gasteiger partial charge in [-0.1, -0.05) is 31.2 Å². The monoisotopic (exact) mass is 418 g/mol. The van der Waals surface area contributed by atoms with E-state index in [1.165, 1.54) is 4.31 Å². The molecule has 0 bridgehead atoms. The first-order valence-electron chi connectivity index (χ1n) is 9.68. The van der Waals surface area contributed by atoms with Crippen LogP contribution < -0.4 is 14.4 Å². The van der Waals surface area contributed by atoms with Crippen LogP contribution in [0.1, 0.15) is 30.0 Å². The predicted molar refractivity (Wildman–Crippen MR) is 117 cm³/mol. The highest BCUT2D eigenvalue weighted by atomic mass is 32.2. The summed E-state index contributed by atoms with van der Waals surface area (Å²) in [6.07, 6.45) is 1.47. The van der Waals surface area contributed by atoms with Gasteiger partial charge >= 0.3 is 0 Å². The van der Waals surface area contributed by atoms with Gasteiger partial charge in [-0.2, -0.15) is 0 Å². The highest BCUT2D eigenvalue weighted by Crippen LogP contribution is 2.23. The van der Waals surface area contributed by atoms with Gasteiger partial charge in [-0.05, 0) is 62.1 Å². The maximum absolute atomic E-state index is 12.8. The van der Waals surface area contributed by atoms with E-state index in [0.29, 0.717) is 18.7 Å². The van der Waals surface area contributed by atoms with Gasteiger partial charge in [0.25, 0.3) is 0 Å². The van der Waals surface area contributed by atoms with Crippen LogP contribution in [0.15, 0.2) is 42.5 Å². The first-order valence-corrected chi connectivity index (χ1v) is 11.5. The Balaban J connectivity index is 2.06. The number of carbonyl (C=O) groups is 1. The normalized spacial score (nSPS) is 12.3. The summed E-state index contributed by atoms with van der Waals surface area (Å²) in [5, 5.41) is 2.80. The van der Waals surface area contributed by atoms with Gasteiger partial charge in [0, 0.05) is 0 Å². The second-order valence-corrected chi connectivity index (χ2v) is 9.02. The third kappa shape index (κ3) is 5.97. The van der Waals surface area contributed by atoms with Crippen molar-refractivity contribution in [1.82, 2.24) is 5.32 Å². The Morgan fingerprint density at radius 3 is 2.45 bits per heavy atom. The second kappa shape index (κ2) is 9.78. The minimum atomic E-state index is -3.63. The van der Waals surface area contributed by atoms with Crippen LogP contribution in [0.4, 0.5) is 5.69 Å². The molecule has 0 radical (unpaired) electrons. The third-order valence-electron chi connectivity index (χ3n) is 4.80. The SMILES string of the molecule is CCC(C(=O)NCCOc1cccc(C)c1C)N(c1cccc(C)c1)S(C)(=O)=O. The lowest BCUT2D eigenvalue weighted by molar-refractivity contribution is -0.122. The smallest absolute Gasteiger partial charge is 0.244 e. The van der Waals surface area contributed by atoms with Gasteiger partial charge in [-0.15, -0.1) is 0 Å². The van der Waals surface area contributed by atoms with Crippen LogP contribution >= 0.6 is 0 Å². The summed E-state index contributed by atoms with van der Waals surface area (Å²) in [4.78, 5) is 12.8. The van der Waals surface area contributed by atoms with Crippen molar-refractivity contribution >= 4 is 21.6 Å². The summed E-state index contributed by atoms with van der Waals surface area (Å²) < 4.78 is 31.9. The fourth-order valence-electron chi connectivity index (χ4n) is 3.16. The Morgan fingerprint density at radius 2 is 1.83 bits per heavy atom. The molecule has 0 spiro atoms. The van der Waals surface area contributed by atoms with E-state index in [4.69, 9.17) is 4.74 Å². The number of aryl methyl sites for hydroxylation is 2. The molecule has 0 saturated carbocycles. The lowest BCUT2D eigenvalue weighted by Crippen LogP contribution is -2.50. The molecule has 158 valence electrons. The Kier molecular flexibility index (Phi) is 7.67. The first kappa shape index (κ1) is 22.7. The van der Waals surface area contributed by atoms with E-state index in [9.17, 15) is 13.2 Å². The zero-order valence-corrected chi connectivity index (χ0v) is 18.5. The van der Waals surface area contributed by atoms with Gasteiger partial charge < -0.3 is 10.1 Å². The lowest BCUT2D eigenvalue weighted by Gasteiger charge is -2.30. The van der Waals surface area contributed by atoms with Crippen LogP contribution in [-0.4, -0.2) is 39.8 Å². The molecule has 1 N–H and O–H groups in total. The molecule has 0 aliphatic heterocycles. The predicted octanol–water partition coefficient (Wildman–Crippen LogP) is 3.35. The van der Waals surface area contributed by atoms with E-state index in [-0.39, 0.29) is 12.5 Å².